The molecule has 2 N–H and O–H groups in total. The SMILES string of the molecule is N#Cc1ccc(-c2ccc(CCN)cn2)c(C(=O)c2nnc(N3CCOCC3)o2)c1. The number of hydrogen-bond acceptors (Lipinski definition) is 9. The third kappa shape index (κ3) is 4.05. The molecule has 152 valence electrons. The highest BCUT2D eigenvalue weighted by Gasteiger charge is 2.24. The average Bonchev–Trinajstić information content (AvgIpc) is 3.30. The van der Waals surface area contributed by atoms with Gasteiger partial charge < -0.3 is 19.8 Å². The van der Waals surface area contributed by atoms with Crippen LogP contribution >= 0.6 is 0 Å². The highest BCUT2D eigenvalue weighted by atomic mass is 16.5. The van der Waals surface area contributed by atoms with Crippen molar-refractivity contribution in [2.24, 2.45) is 5.73 Å². The normalized spacial score (nSPS) is 13.8. The second-order valence-electron chi connectivity index (χ2n) is 6.78. The summed E-state index contributed by atoms with van der Waals surface area (Å²) in [5, 5.41) is 17.2. The van der Waals surface area contributed by atoms with Crippen LogP contribution in [0.15, 0.2) is 40.9 Å². The zero-order chi connectivity index (χ0) is 20.9. The van der Waals surface area contributed by atoms with E-state index < -0.39 is 5.78 Å². The van der Waals surface area contributed by atoms with E-state index in [0.29, 0.717) is 49.7 Å². The quantitative estimate of drug-likeness (QED) is 0.608. The van der Waals surface area contributed by atoms with Gasteiger partial charge in [-0.3, -0.25) is 9.78 Å². The Kier molecular flexibility index (Phi) is 5.79. The summed E-state index contributed by atoms with van der Waals surface area (Å²) in [5.74, 6) is -0.588. The number of aromatic nitrogens is 3. The zero-order valence-electron chi connectivity index (χ0n) is 16.2. The number of carbonyl (C=O) groups excluding carboxylic acids is 1. The summed E-state index contributed by atoms with van der Waals surface area (Å²) < 4.78 is 11.0. The average molecular weight is 404 g/mol. The lowest BCUT2D eigenvalue weighted by atomic mass is 9.97. The summed E-state index contributed by atoms with van der Waals surface area (Å²) in [5.41, 5.74) is 8.43. The van der Waals surface area contributed by atoms with E-state index in [2.05, 4.69) is 21.3 Å². The van der Waals surface area contributed by atoms with Gasteiger partial charge in [0.25, 0.3) is 5.89 Å². The maximum atomic E-state index is 13.2. The van der Waals surface area contributed by atoms with Crippen molar-refractivity contribution in [2.75, 3.05) is 37.7 Å². The maximum Gasteiger partial charge on any atom is 0.318 e. The topological polar surface area (TPSA) is 131 Å². The summed E-state index contributed by atoms with van der Waals surface area (Å²) in [7, 11) is 0. The fourth-order valence-electron chi connectivity index (χ4n) is 3.23. The molecular formula is C21H20N6O3. The van der Waals surface area contributed by atoms with Crippen molar-refractivity contribution >= 4 is 11.8 Å². The van der Waals surface area contributed by atoms with E-state index in [0.717, 1.165) is 12.0 Å². The Morgan fingerprint density at radius 2 is 2.03 bits per heavy atom. The van der Waals surface area contributed by atoms with Crippen molar-refractivity contribution in [3.63, 3.8) is 0 Å². The number of benzene rings is 1. The number of hydrogen-bond donors (Lipinski definition) is 1. The Morgan fingerprint density at radius 1 is 1.20 bits per heavy atom. The second kappa shape index (κ2) is 8.82. The Balaban J connectivity index is 1.68. The lowest BCUT2D eigenvalue weighted by Gasteiger charge is -2.24. The molecule has 0 atom stereocenters. The van der Waals surface area contributed by atoms with Crippen LogP contribution < -0.4 is 10.6 Å². The fraction of sp³-hybridized carbons (Fsp3) is 0.286. The lowest BCUT2D eigenvalue weighted by molar-refractivity contribution is 0.100. The number of nitriles is 1. The largest absolute Gasteiger partial charge is 0.400 e. The molecule has 2 aromatic heterocycles. The van der Waals surface area contributed by atoms with Gasteiger partial charge in [-0.1, -0.05) is 17.2 Å². The predicted molar refractivity (Wildman–Crippen MR) is 108 cm³/mol. The van der Waals surface area contributed by atoms with Gasteiger partial charge in [-0.05, 0) is 36.7 Å². The van der Waals surface area contributed by atoms with E-state index in [-0.39, 0.29) is 17.5 Å². The molecule has 3 aromatic rings. The molecule has 0 spiro atoms. The van der Waals surface area contributed by atoms with Crippen molar-refractivity contribution in [3.05, 3.63) is 59.1 Å². The number of morpholine rings is 1. The van der Waals surface area contributed by atoms with Gasteiger partial charge in [0.2, 0.25) is 5.78 Å². The molecule has 9 nitrogen and oxygen atoms in total. The standard InChI is InChI=1S/C21H20N6O3/c22-6-5-14-2-4-18(24-13-14)16-3-1-15(12-23)11-17(16)19(28)20-25-26-21(30-20)27-7-9-29-10-8-27/h1-4,11,13H,5-10,22H2. The van der Waals surface area contributed by atoms with E-state index in [1.54, 1.807) is 18.3 Å². The van der Waals surface area contributed by atoms with Gasteiger partial charge >= 0.3 is 6.01 Å². The van der Waals surface area contributed by atoms with Gasteiger partial charge in [0.15, 0.2) is 0 Å². The van der Waals surface area contributed by atoms with E-state index >= 15 is 0 Å². The number of rotatable bonds is 6. The molecule has 9 heteroatoms. The number of carbonyl (C=O) groups is 1. The molecule has 4 rings (SSSR count). The monoisotopic (exact) mass is 404 g/mol. The van der Waals surface area contributed by atoms with Crippen LogP contribution in [0.4, 0.5) is 6.01 Å². The van der Waals surface area contributed by atoms with Crippen molar-refractivity contribution in [1.29, 1.82) is 5.26 Å². The molecule has 0 bridgehead atoms. The molecule has 1 saturated heterocycles. The summed E-state index contributed by atoms with van der Waals surface area (Å²) >= 11 is 0. The van der Waals surface area contributed by atoms with Crippen molar-refractivity contribution < 1.29 is 13.9 Å². The van der Waals surface area contributed by atoms with Crippen LogP contribution in [0.2, 0.25) is 0 Å². The van der Waals surface area contributed by atoms with Crippen LogP contribution in [0.1, 0.15) is 27.4 Å². The molecule has 1 fully saturated rings. The predicted octanol–water partition coefficient (Wildman–Crippen LogP) is 1.57. The molecule has 0 aliphatic carbocycles. The van der Waals surface area contributed by atoms with E-state index in [1.165, 1.54) is 6.07 Å². The van der Waals surface area contributed by atoms with Gasteiger partial charge in [-0.25, -0.2) is 0 Å². The Hall–Kier alpha value is -3.61. The minimum Gasteiger partial charge on any atom is -0.400 e. The molecule has 30 heavy (non-hydrogen) atoms. The number of ketones is 1. The van der Waals surface area contributed by atoms with Crippen molar-refractivity contribution in [2.45, 2.75) is 6.42 Å². The van der Waals surface area contributed by atoms with E-state index in [9.17, 15) is 10.1 Å². The molecule has 1 aliphatic heterocycles. The van der Waals surface area contributed by atoms with Crippen LogP contribution in [0.5, 0.6) is 0 Å². The van der Waals surface area contributed by atoms with Gasteiger partial charge in [0.1, 0.15) is 0 Å². The first-order chi connectivity index (χ1) is 14.7. The van der Waals surface area contributed by atoms with Gasteiger partial charge in [-0.15, -0.1) is 5.10 Å². The van der Waals surface area contributed by atoms with Gasteiger partial charge in [0.05, 0.1) is 30.5 Å². The zero-order valence-corrected chi connectivity index (χ0v) is 16.2. The van der Waals surface area contributed by atoms with E-state index in [1.807, 2.05) is 17.0 Å². The van der Waals surface area contributed by atoms with Gasteiger partial charge in [-0.2, -0.15) is 5.26 Å². The number of nitrogens with two attached hydrogens (primary N) is 1. The molecule has 0 amide bonds. The van der Waals surface area contributed by atoms with Crippen LogP contribution in [-0.4, -0.2) is 53.8 Å². The maximum absolute atomic E-state index is 13.2. The van der Waals surface area contributed by atoms with Crippen LogP contribution in [0.3, 0.4) is 0 Å². The number of nitrogens with zero attached hydrogens (tertiary/aromatic N) is 5. The highest BCUT2D eigenvalue weighted by molar-refractivity contribution is 6.10. The fourth-order valence-corrected chi connectivity index (χ4v) is 3.23. The van der Waals surface area contributed by atoms with Crippen LogP contribution in [-0.2, 0) is 11.2 Å². The van der Waals surface area contributed by atoms with E-state index in [4.69, 9.17) is 14.9 Å². The number of ether oxygens (including phenoxy) is 1. The summed E-state index contributed by atoms with van der Waals surface area (Å²) in [6.07, 6.45) is 2.45. The third-order valence-electron chi connectivity index (χ3n) is 4.82. The van der Waals surface area contributed by atoms with Crippen molar-refractivity contribution in [3.8, 4) is 17.3 Å². The van der Waals surface area contributed by atoms with Gasteiger partial charge in [0, 0.05) is 30.4 Å². The Bertz CT molecular complexity index is 1080. The molecule has 3 heterocycles. The van der Waals surface area contributed by atoms with Crippen LogP contribution in [0, 0.1) is 11.3 Å². The lowest BCUT2D eigenvalue weighted by Crippen LogP contribution is -2.36. The minimum atomic E-state index is -0.457. The third-order valence-corrected chi connectivity index (χ3v) is 4.82. The summed E-state index contributed by atoms with van der Waals surface area (Å²) in [6.45, 7) is 2.88. The Morgan fingerprint density at radius 3 is 2.73 bits per heavy atom. The molecule has 0 radical (unpaired) electrons. The number of anilines is 1. The summed E-state index contributed by atoms with van der Waals surface area (Å²) in [6, 6.07) is 11.0. The molecular weight excluding hydrogens is 384 g/mol. The smallest absolute Gasteiger partial charge is 0.318 e. The first-order valence-electron chi connectivity index (χ1n) is 9.60. The minimum absolute atomic E-state index is 0.132. The molecule has 0 saturated carbocycles. The van der Waals surface area contributed by atoms with Crippen LogP contribution in [0.25, 0.3) is 11.3 Å². The van der Waals surface area contributed by atoms with Crippen molar-refractivity contribution in [1.82, 2.24) is 15.2 Å². The molecule has 1 aliphatic rings. The number of pyridine rings is 1. The first-order valence-corrected chi connectivity index (χ1v) is 9.60. The molecule has 0 unspecified atom stereocenters. The second-order valence-corrected chi connectivity index (χ2v) is 6.78. The Labute approximate surface area is 173 Å². The summed E-state index contributed by atoms with van der Waals surface area (Å²) in [4.78, 5) is 19.5. The highest BCUT2D eigenvalue weighted by Crippen LogP contribution is 2.26. The first kappa shape index (κ1) is 19.7. The molecule has 1 aromatic carbocycles.